The predicted octanol–water partition coefficient (Wildman–Crippen LogP) is 4.78. The number of aromatic nitrogens is 1. The number of thiazole rings is 1. The van der Waals surface area contributed by atoms with Crippen LogP contribution in [-0.2, 0) is 0 Å². The van der Waals surface area contributed by atoms with Crippen molar-refractivity contribution in [2.24, 2.45) is 5.10 Å². The molecule has 7 heteroatoms. The molecule has 0 fully saturated rings. The van der Waals surface area contributed by atoms with Crippen LogP contribution in [0.25, 0.3) is 11.3 Å². The summed E-state index contributed by atoms with van der Waals surface area (Å²) < 4.78 is 10.6. The second-order valence-electron chi connectivity index (χ2n) is 6.11. The highest BCUT2D eigenvalue weighted by molar-refractivity contribution is 7.12. The van der Waals surface area contributed by atoms with E-state index in [9.17, 15) is 5.26 Å². The van der Waals surface area contributed by atoms with E-state index in [1.54, 1.807) is 14.2 Å². The number of ether oxygens (including phenoxy) is 2. The normalized spacial score (nSPS) is 11.0. The molecule has 0 aliphatic rings. The lowest BCUT2D eigenvalue weighted by Crippen LogP contribution is -2.02. The van der Waals surface area contributed by atoms with Crippen LogP contribution in [0.3, 0.4) is 0 Å². The fourth-order valence-corrected chi connectivity index (χ4v) is 3.45. The van der Waals surface area contributed by atoms with E-state index in [-0.39, 0.29) is 5.71 Å². The van der Waals surface area contributed by atoms with E-state index in [0.717, 1.165) is 22.5 Å². The molecular formula is C21H20N4O2S. The summed E-state index contributed by atoms with van der Waals surface area (Å²) in [4.78, 5) is 4.56. The molecule has 6 nitrogen and oxygen atoms in total. The topological polar surface area (TPSA) is 79.5 Å². The maximum atomic E-state index is 9.51. The Morgan fingerprint density at radius 1 is 1.11 bits per heavy atom. The second kappa shape index (κ2) is 8.55. The van der Waals surface area contributed by atoms with Gasteiger partial charge in [-0.25, -0.2) is 4.98 Å². The van der Waals surface area contributed by atoms with Gasteiger partial charge in [-0.15, -0.1) is 11.3 Å². The zero-order chi connectivity index (χ0) is 20.1. The lowest BCUT2D eigenvalue weighted by Gasteiger charge is -2.08. The quantitative estimate of drug-likeness (QED) is 0.482. The first-order chi connectivity index (χ1) is 13.5. The van der Waals surface area contributed by atoms with Crippen LogP contribution in [0, 0.1) is 25.2 Å². The molecule has 2 aromatic carbocycles. The number of nitrogens with one attached hydrogen (secondary N) is 1. The molecule has 0 bridgehead atoms. The highest BCUT2D eigenvalue weighted by atomic mass is 32.1. The number of hydrogen-bond donors (Lipinski definition) is 1. The summed E-state index contributed by atoms with van der Waals surface area (Å²) in [5, 5.41) is 16.2. The average molecular weight is 392 g/mol. The van der Waals surface area contributed by atoms with Crippen molar-refractivity contribution in [2.75, 3.05) is 19.6 Å². The molecule has 0 spiro atoms. The Hall–Kier alpha value is -3.37. The molecule has 0 atom stereocenters. The zero-order valence-electron chi connectivity index (χ0n) is 16.1. The van der Waals surface area contributed by atoms with Crippen LogP contribution in [0.2, 0.25) is 0 Å². The summed E-state index contributed by atoms with van der Waals surface area (Å²) in [6, 6.07) is 13.7. The van der Waals surface area contributed by atoms with E-state index in [1.807, 2.05) is 49.6 Å². The summed E-state index contributed by atoms with van der Waals surface area (Å²) in [6.07, 6.45) is 0. The van der Waals surface area contributed by atoms with Gasteiger partial charge in [-0.05, 0) is 43.7 Å². The standard InChI is InChI=1S/C21H20N4O2S/c1-13-5-7-16(14(2)9-13)24-25-17(11-22)21-23-18(12-28-21)15-6-8-19(26-3)20(10-15)27-4/h5-10,12,24H,1-4H3/b25-17+. The molecule has 3 aromatic rings. The molecule has 0 radical (unpaired) electrons. The molecule has 28 heavy (non-hydrogen) atoms. The molecule has 1 heterocycles. The summed E-state index contributed by atoms with van der Waals surface area (Å²) in [7, 11) is 3.18. The van der Waals surface area contributed by atoms with Crippen molar-refractivity contribution in [1.82, 2.24) is 4.98 Å². The minimum absolute atomic E-state index is 0.233. The van der Waals surface area contributed by atoms with Gasteiger partial charge in [0.25, 0.3) is 0 Å². The molecule has 3 rings (SSSR count). The summed E-state index contributed by atoms with van der Waals surface area (Å²) in [6.45, 7) is 4.03. The van der Waals surface area contributed by atoms with Gasteiger partial charge >= 0.3 is 0 Å². The number of anilines is 1. The van der Waals surface area contributed by atoms with E-state index < -0.39 is 0 Å². The third-order valence-electron chi connectivity index (χ3n) is 4.16. The molecule has 1 aromatic heterocycles. The lowest BCUT2D eigenvalue weighted by molar-refractivity contribution is 0.355. The molecule has 0 aliphatic carbocycles. The Balaban J connectivity index is 1.86. The first kappa shape index (κ1) is 19.4. The first-order valence-corrected chi connectivity index (χ1v) is 9.43. The van der Waals surface area contributed by atoms with E-state index in [0.29, 0.717) is 16.5 Å². The van der Waals surface area contributed by atoms with E-state index in [1.165, 1.54) is 16.9 Å². The maximum Gasteiger partial charge on any atom is 0.196 e. The summed E-state index contributed by atoms with van der Waals surface area (Å²) in [5.74, 6) is 1.28. The van der Waals surface area contributed by atoms with Gasteiger partial charge in [-0.3, -0.25) is 5.43 Å². The summed E-state index contributed by atoms with van der Waals surface area (Å²) >= 11 is 1.37. The third kappa shape index (κ3) is 4.13. The predicted molar refractivity (Wildman–Crippen MR) is 112 cm³/mol. The Kier molecular flexibility index (Phi) is 5.92. The number of benzene rings is 2. The van der Waals surface area contributed by atoms with Gasteiger partial charge in [-0.2, -0.15) is 10.4 Å². The lowest BCUT2D eigenvalue weighted by atomic mass is 10.1. The summed E-state index contributed by atoms with van der Waals surface area (Å²) in [5.41, 5.74) is 7.91. The Morgan fingerprint density at radius 3 is 2.57 bits per heavy atom. The van der Waals surface area contributed by atoms with Crippen molar-refractivity contribution in [3.63, 3.8) is 0 Å². The average Bonchev–Trinajstić information content (AvgIpc) is 3.19. The van der Waals surface area contributed by atoms with Gasteiger partial charge in [0, 0.05) is 10.9 Å². The number of aryl methyl sites for hydroxylation is 2. The van der Waals surface area contributed by atoms with Gasteiger partial charge < -0.3 is 9.47 Å². The van der Waals surface area contributed by atoms with Crippen LogP contribution in [0.1, 0.15) is 16.1 Å². The van der Waals surface area contributed by atoms with Crippen LogP contribution in [-0.4, -0.2) is 24.9 Å². The third-order valence-corrected chi connectivity index (χ3v) is 5.01. The number of hydrazone groups is 1. The molecule has 142 valence electrons. The minimum Gasteiger partial charge on any atom is -0.493 e. The van der Waals surface area contributed by atoms with E-state index >= 15 is 0 Å². The largest absolute Gasteiger partial charge is 0.493 e. The molecule has 1 N–H and O–H groups in total. The zero-order valence-corrected chi connectivity index (χ0v) is 16.9. The fourth-order valence-electron chi connectivity index (χ4n) is 2.69. The van der Waals surface area contributed by atoms with Crippen molar-refractivity contribution in [2.45, 2.75) is 13.8 Å². The Morgan fingerprint density at radius 2 is 1.89 bits per heavy atom. The van der Waals surface area contributed by atoms with Gasteiger partial charge in [0.15, 0.2) is 22.2 Å². The van der Waals surface area contributed by atoms with Crippen molar-refractivity contribution in [3.05, 3.63) is 57.9 Å². The van der Waals surface area contributed by atoms with Crippen LogP contribution in [0.4, 0.5) is 5.69 Å². The first-order valence-electron chi connectivity index (χ1n) is 8.55. The molecule has 0 aliphatic heterocycles. The molecule has 0 saturated carbocycles. The number of nitrogens with zero attached hydrogens (tertiary/aromatic N) is 3. The van der Waals surface area contributed by atoms with Gasteiger partial charge in [0.05, 0.1) is 25.6 Å². The van der Waals surface area contributed by atoms with Crippen LogP contribution in [0.15, 0.2) is 46.9 Å². The van der Waals surface area contributed by atoms with Crippen LogP contribution in [0.5, 0.6) is 11.5 Å². The monoisotopic (exact) mass is 392 g/mol. The molecular weight excluding hydrogens is 372 g/mol. The van der Waals surface area contributed by atoms with Crippen molar-refractivity contribution < 1.29 is 9.47 Å². The van der Waals surface area contributed by atoms with Crippen molar-refractivity contribution in [3.8, 4) is 28.8 Å². The molecule has 0 amide bonds. The maximum absolute atomic E-state index is 9.51. The Bertz CT molecular complexity index is 1070. The van der Waals surface area contributed by atoms with E-state index in [4.69, 9.17) is 9.47 Å². The van der Waals surface area contributed by atoms with Gasteiger partial charge in [0.1, 0.15) is 6.07 Å². The highest BCUT2D eigenvalue weighted by Gasteiger charge is 2.13. The van der Waals surface area contributed by atoms with Gasteiger partial charge in [0.2, 0.25) is 0 Å². The Labute approximate surface area is 168 Å². The molecule has 0 unspecified atom stereocenters. The fraction of sp³-hybridized carbons (Fsp3) is 0.190. The van der Waals surface area contributed by atoms with Crippen molar-refractivity contribution in [1.29, 1.82) is 5.26 Å². The molecule has 0 saturated heterocycles. The second-order valence-corrected chi connectivity index (χ2v) is 6.97. The van der Waals surface area contributed by atoms with Crippen molar-refractivity contribution >= 4 is 22.7 Å². The number of rotatable bonds is 6. The highest BCUT2D eigenvalue weighted by Crippen LogP contribution is 2.32. The SMILES string of the molecule is COc1ccc(-c2csc(/C(C#N)=N/Nc3ccc(C)cc3C)n2)cc1OC. The number of methoxy groups -OCH3 is 2. The van der Waals surface area contributed by atoms with Crippen LogP contribution < -0.4 is 14.9 Å². The smallest absolute Gasteiger partial charge is 0.196 e. The minimum atomic E-state index is 0.233. The van der Waals surface area contributed by atoms with Crippen LogP contribution >= 0.6 is 11.3 Å². The van der Waals surface area contributed by atoms with Gasteiger partial charge in [-0.1, -0.05) is 17.7 Å². The number of nitriles is 1. The number of hydrogen-bond acceptors (Lipinski definition) is 7. The van der Waals surface area contributed by atoms with E-state index in [2.05, 4.69) is 27.6 Å².